The van der Waals surface area contributed by atoms with E-state index in [2.05, 4.69) is 10.6 Å². The molecule has 2 rings (SSSR count). The lowest BCUT2D eigenvalue weighted by Crippen LogP contribution is -2.32. The number of rotatable bonds is 7. The maximum Gasteiger partial charge on any atom is 0.264 e. The van der Waals surface area contributed by atoms with Gasteiger partial charge in [-0.2, -0.15) is 0 Å². The van der Waals surface area contributed by atoms with Crippen molar-refractivity contribution in [3.63, 3.8) is 0 Å². The van der Waals surface area contributed by atoms with Gasteiger partial charge in [0.1, 0.15) is 0 Å². The van der Waals surface area contributed by atoms with Gasteiger partial charge in [-0.05, 0) is 60.3 Å². The molecule has 0 atom stereocenters. The smallest absolute Gasteiger partial charge is 0.264 e. The van der Waals surface area contributed by atoms with E-state index in [-0.39, 0.29) is 10.0 Å². The average Bonchev–Trinajstić information content (AvgIpc) is 2.71. The second-order valence-corrected chi connectivity index (χ2v) is 8.17. The molecule has 2 aromatic carbocycles. The minimum atomic E-state index is -3.92. The fourth-order valence-electron chi connectivity index (χ4n) is 2.41. The van der Waals surface area contributed by atoms with Crippen LogP contribution in [0.1, 0.15) is 12.5 Å². The summed E-state index contributed by atoms with van der Waals surface area (Å²) < 4.78 is 36.1. The van der Waals surface area contributed by atoms with Crippen molar-refractivity contribution in [2.45, 2.75) is 11.8 Å². The van der Waals surface area contributed by atoms with Crippen molar-refractivity contribution in [3.05, 3.63) is 54.1 Å². The van der Waals surface area contributed by atoms with E-state index in [4.69, 9.17) is 21.7 Å². The second kappa shape index (κ2) is 10.5. The molecule has 0 aliphatic rings. The van der Waals surface area contributed by atoms with E-state index in [0.717, 1.165) is 12.5 Å². The quantitative estimate of drug-likeness (QED) is 0.421. The summed E-state index contributed by atoms with van der Waals surface area (Å²) in [4.78, 5) is 23.0. The zero-order valence-corrected chi connectivity index (χ0v) is 18.6. The van der Waals surface area contributed by atoms with Crippen LogP contribution < -0.4 is 24.8 Å². The summed E-state index contributed by atoms with van der Waals surface area (Å²) >= 11 is 5.09. The van der Waals surface area contributed by atoms with E-state index < -0.39 is 21.8 Å². The number of hydrogen-bond donors (Lipinski definition) is 3. The van der Waals surface area contributed by atoms with Gasteiger partial charge in [0.25, 0.3) is 10.0 Å². The van der Waals surface area contributed by atoms with Gasteiger partial charge < -0.3 is 14.8 Å². The Morgan fingerprint density at radius 3 is 2.23 bits per heavy atom. The van der Waals surface area contributed by atoms with Gasteiger partial charge in [0.15, 0.2) is 16.6 Å². The van der Waals surface area contributed by atoms with Crippen molar-refractivity contribution >= 4 is 50.9 Å². The Bertz CT molecular complexity index is 1110. The van der Waals surface area contributed by atoms with E-state index in [1.807, 2.05) is 4.72 Å². The van der Waals surface area contributed by atoms with Gasteiger partial charge >= 0.3 is 0 Å². The van der Waals surface area contributed by atoms with E-state index in [9.17, 15) is 18.0 Å². The molecule has 11 heteroatoms. The molecule has 164 valence electrons. The number of anilines is 1. The minimum Gasteiger partial charge on any atom is -0.493 e. The largest absolute Gasteiger partial charge is 0.493 e. The van der Waals surface area contributed by atoms with E-state index >= 15 is 0 Å². The van der Waals surface area contributed by atoms with Crippen molar-refractivity contribution in [1.82, 2.24) is 10.0 Å². The maximum absolute atomic E-state index is 12.1. The molecular formula is C20H21N3O6S2. The molecule has 0 heterocycles. The lowest BCUT2D eigenvalue weighted by atomic mass is 10.2. The molecule has 0 aromatic heterocycles. The summed E-state index contributed by atoms with van der Waals surface area (Å²) in [5, 5.41) is 5.28. The number of ether oxygens (including phenoxy) is 2. The topological polar surface area (TPSA) is 123 Å². The number of carbonyl (C=O) groups is 2. The van der Waals surface area contributed by atoms with Crippen LogP contribution in [0.15, 0.2) is 53.4 Å². The Hall–Kier alpha value is -3.44. The highest BCUT2D eigenvalue weighted by Gasteiger charge is 2.15. The van der Waals surface area contributed by atoms with Crippen molar-refractivity contribution in [2.24, 2.45) is 0 Å². The SMILES string of the molecule is COc1ccc(C=CC(=O)NC(=S)Nc2ccc(S(=O)(=O)NC(C)=O)cc2)cc1OC. The van der Waals surface area contributed by atoms with Crippen molar-refractivity contribution in [3.8, 4) is 11.5 Å². The Labute approximate surface area is 185 Å². The number of hydrogen-bond acceptors (Lipinski definition) is 7. The number of sulfonamides is 1. The molecule has 31 heavy (non-hydrogen) atoms. The predicted octanol–water partition coefficient (Wildman–Crippen LogP) is 2.05. The molecule has 9 nitrogen and oxygen atoms in total. The third kappa shape index (κ3) is 7.08. The van der Waals surface area contributed by atoms with Gasteiger partial charge in [-0.15, -0.1) is 0 Å². The van der Waals surface area contributed by atoms with Gasteiger partial charge in [0.2, 0.25) is 11.8 Å². The van der Waals surface area contributed by atoms with Crippen LogP contribution in [0, 0.1) is 0 Å². The van der Waals surface area contributed by atoms with Gasteiger partial charge in [-0.3, -0.25) is 14.9 Å². The van der Waals surface area contributed by atoms with Crippen LogP contribution in [-0.4, -0.2) is 39.6 Å². The normalized spacial score (nSPS) is 10.9. The van der Waals surface area contributed by atoms with Gasteiger partial charge in [-0.1, -0.05) is 6.07 Å². The lowest BCUT2D eigenvalue weighted by Gasteiger charge is -2.10. The number of benzene rings is 2. The molecule has 0 aliphatic heterocycles. The van der Waals surface area contributed by atoms with Crippen LogP contribution >= 0.6 is 12.2 Å². The van der Waals surface area contributed by atoms with Gasteiger partial charge in [0.05, 0.1) is 19.1 Å². The van der Waals surface area contributed by atoms with Gasteiger partial charge in [0, 0.05) is 18.7 Å². The Morgan fingerprint density at radius 2 is 1.65 bits per heavy atom. The highest BCUT2D eigenvalue weighted by molar-refractivity contribution is 7.90. The van der Waals surface area contributed by atoms with Gasteiger partial charge in [-0.25, -0.2) is 13.1 Å². The Morgan fingerprint density at radius 1 is 1.00 bits per heavy atom. The standard InChI is InChI=1S/C20H21N3O6S2/c1-13(24)23-31(26,27)16-8-6-15(7-9-16)21-20(30)22-19(25)11-5-14-4-10-17(28-2)18(12-14)29-3/h4-12H,1-3H3,(H,23,24)(H2,21,22,25,30). The van der Waals surface area contributed by atoms with E-state index in [1.165, 1.54) is 44.6 Å². The van der Waals surface area contributed by atoms with Crippen LogP contribution in [0.5, 0.6) is 11.5 Å². The molecule has 0 saturated carbocycles. The Kier molecular flexibility index (Phi) is 8.11. The lowest BCUT2D eigenvalue weighted by molar-refractivity contribution is -0.117. The number of methoxy groups -OCH3 is 2. The molecule has 3 N–H and O–H groups in total. The van der Waals surface area contributed by atoms with Crippen LogP contribution in [0.4, 0.5) is 5.69 Å². The monoisotopic (exact) mass is 463 g/mol. The average molecular weight is 464 g/mol. The summed E-state index contributed by atoms with van der Waals surface area (Å²) in [7, 11) is -0.873. The highest BCUT2D eigenvalue weighted by Crippen LogP contribution is 2.27. The van der Waals surface area contributed by atoms with E-state index in [1.54, 1.807) is 24.3 Å². The van der Waals surface area contributed by atoms with E-state index in [0.29, 0.717) is 17.2 Å². The first kappa shape index (κ1) is 23.8. The fraction of sp³-hybridized carbons (Fsp3) is 0.150. The van der Waals surface area contributed by atoms with Crippen molar-refractivity contribution in [1.29, 1.82) is 0 Å². The zero-order valence-electron chi connectivity index (χ0n) is 17.0. The molecular weight excluding hydrogens is 442 g/mol. The summed E-state index contributed by atoms with van der Waals surface area (Å²) in [5.74, 6) is -0.0408. The van der Waals surface area contributed by atoms with Crippen LogP contribution in [-0.2, 0) is 19.6 Å². The molecule has 0 saturated heterocycles. The first-order valence-corrected chi connectivity index (χ1v) is 10.7. The zero-order chi connectivity index (χ0) is 23.0. The van der Waals surface area contributed by atoms with Crippen LogP contribution in [0.3, 0.4) is 0 Å². The summed E-state index contributed by atoms with van der Waals surface area (Å²) in [6.45, 7) is 1.11. The molecule has 0 radical (unpaired) electrons. The summed E-state index contributed by atoms with van der Waals surface area (Å²) in [6, 6.07) is 10.7. The van der Waals surface area contributed by atoms with Crippen LogP contribution in [0.25, 0.3) is 6.08 Å². The number of amides is 2. The number of carbonyl (C=O) groups excluding carboxylic acids is 2. The number of thiocarbonyl (C=S) groups is 1. The molecule has 2 aromatic rings. The molecule has 0 bridgehead atoms. The summed E-state index contributed by atoms with van der Waals surface area (Å²) in [5.41, 5.74) is 1.18. The van der Waals surface area contributed by atoms with Crippen molar-refractivity contribution in [2.75, 3.05) is 19.5 Å². The molecule has 0 unspecified atom stereocenters. The highest BCUT2D eigenvalue weighted by atomic mass is 32.2. The maximum atomic E-state index is 12.1. The Balaban J connectivity index is 1.96. The summed E-state index contributed by atoms with van der Waals surface area (Å²) in [6.07, 6.45) is 2.89. The third-order valence-electron chi connectivity index (χ3n) is 3.77. The molecule has 2 amide bonds. The fourth-order valence-corrected chi connectivity index (χ4v) is 3.62. The first-order valence-electron chi connectivity index (χ1n) is 8.80. The second-order valence-electron chi connectivity index (χ2n) is 6.08. The molecule has 0 fully saturated rings. The predicted molar refractivity (Wildman–Crippen MR) is 120 cm³/mol. The van der Waals surface area contributed by atoms with Crippen molar-refractivity contribution < 1.29 is 27.5 Å². The number of nitrogens with one attached hydrogen (secondary N) is 3. The third-order valence-corrected chi connectivity index (χ3v) is 5.43. The molecule has 0 spiro atoms. The first-order chi connectivity index (χ1) is 14.6. The van der Waals surface area contributed by atoms with Crippen LogP contribution in [0.2, 0.25) is 0 Å². The minimum absolute atomic E-state index is 0.0272. The molecule has 0 aliphatic carbocycles.